The molecular weight excluding hydrogens is 372 g/mol. The van der Waals surface area contributed by atoms with Crippen molar-refractivity contribution in [1.29, 1.82) is 0 Å². The van der Waals surface area contributed by atoms with Crippen LogP contribution in [0.3, 0.4) is 0 Å². The van der Waals surface area contributed by atoms with Gasteiger partial charge in [0.25, 0.3) is 5.89 Å². The normalized spacial score (nSPS) is 10.9. The van der Waals surface area contributed by atoms with Crippen molar-refractivity contribution in [2.24, 2.45) is 0 Å². The summed E-state index contributed by atoms with van der Waals surface area (Å²) < 4.78 is 33.9. The van der Waals surface area contributed by atoms with Crippen LogP contribution in [0, 0.1) is 11.6 Å². The van der Waals surface area contributed by atoms with E-state index in [0.29, 0.717) is 16.8 Å². The van der Waals surface area contributed by atoms with E-state index in [4.69, 9.17) is 9.63 Å². The summed E-state index contributed by atoms with van der Waals surface area (Å²) in [6.45, 7) is -0.392. The lowest BCUT2D eigenvalue weighted by Gasteiger charge is -2.06. The zero-order chi connectivity index (χ0) is 19.7. The molecule has 1 aromatic carbocycles. The number of rotatable bonds is 5. The molecule has 3 heterocycles. The number of pyridine rings is 1. The highest BCUT2D eigenvalue weighted by Crippen LogP contribution is 2.32. The average molecular weight is 383 g/mol. The Morgan fingerprint density at radius 2 is 1.93 bits per heavy atom. The Morgan fingerprint density at radius 3 is 2.68 bits per heavy atom. The fourth-order valence-electron chi connectivity index (χ4n) is 2.72. The molecule has 0 radical (unpaired) electrons. The molecule has 8 nitrogen and oxygen atoms in total. The van der Waals surface area contributed by atoms with Gasteiger partial charge >= 0.3 is 5.97 Å². The second kappa shape index (κ2) is 6.99. The van der Waals surface area contributed by atoms with Gasteiger partial charge in [0, 0.05) is 18.0 Å². The maximum absolute atomic E-state index is 14.0. The predicted molar refractivity (Wildman–Crippen MR) is 91.7 cm³/mol. The monoisotopic (exact) mass is 383 g/mol. The number of benzene rings is 1. The number of hydrogen-bond acceptors (Lipinski definition) is 6. The largest absolute Gasteiger partial charge is 0.480 e. The minimum atomic E-state index is -1.09. The van der Waals surface area contributed by atoms with Crippen LogP contribution in [0.4, 0.5) is 8.78 Å². The molecule has 28 heavy (non-hydrogen) atoms. The number of aromatic nitrogens is 5. The van der Waals surface area contributed by atoms with E-state index in [2.05, 4.69) is 20.2 Å². The van der Waals surface area contributed by atoms with Gasteiger partial charge in [-0.05, 0) is 30.3 Å². The first-order valence-electron chi connectivity index (χ1n) is 8.00. The van der Waals surface area contributed by atoms with Crippen molar-refractivity contribution < 1.29 is 23.2 Å². The zero-order valence-electron chi connectivity index (χ0n) is 14.1. The lowest BCUT2D eigenvalue weighted by atomic mass is 10.1. The van der Waals surface area contributed by atoms with Gasteiger partial charge in [-0.3, -0.25) is 14.5 Å². The summed E-state index contributed by atoms with van der Waals surface area (Å²) in [4.78, 5) is 19.2. The number of halogens is 2. The van der Waals surface area contributed by atoms with Crippen LogP contribution in [0.5, 0.6) is 0 Å². The molecule has 10 heteroatoms. The van der Waals surface area contributed by atoms with E-state index in [0.717, 1.165) is 18.2 Å². The zero-order valence-corrected chi connectivity index (χ0v) is 14.1. The van der Waals surface area contributed by atoms with Gasteiger partial charge in [-0.15, -0.1) is 0 Å². The topological polar surface area (TPSA) is 107 Å². The number of carboxylic acids is 1. The summed E-state index contributed by atoms with van der Waals surface area (Å²) in [5.74, 6) is -2.59. The van der Waals surface area contributed by atoms with Crippen LogP contribution in [0.25, 0.3) is 34.1 Å². The number of hydrogen-bond donors (Lipinski definition) is 1. The molecule has 0 aliphatic carbocycles. The van der Waals surface area contributed by atoms with Crippen LogP contribution >= 0.6 is 0 Å². The minimum absolute atomic E-state index is 0.0119. The van der Waals surface area contributed by atoms with E-state index >= 15 is 0 Å². The molecule has 0 saturated carbocycles. The lowest BCUT2D eigenvalue weighted by molar-refractivity contribution is -0.137. The Labute approximate surface area is 156 Å². The Morgan fingerprint density at radius 1 is 1.14 bits per heavy atom. The Balaban J connectivity index is 1.82. The smallest absolute Gasteiger partial charge is 0.325 e. The molecule has 0 bridgehead atoms. The molecule has 140 valence electrons. The van der Waals surface area contributed by atoms with E-state index in [-0.39, 0.29) is 17.3 Å². The molecule has 0 aliphatic heterocycles. The second-order valence-corrected chi connectivity index (χ2v) is 5.74. The standard InChI is InChI=1S/C18H11F2N5O3/c19-11-1-2-14(20)12(7-11)17-23-18(28-24-17)13-8-22-25(9-15(26)27)16(13)10-3-5-21-6-4-10/h1-8H,9H2,(H,26,27). The van der Waals surface area contributed by atoms with Gasteiger partial charge in [0.05, 0.1) is 23.0 Å². The molecule has 0 fully saturated rings. The van der Waals surface area contributed by atoms with Gasteiger partial charge in [-0.2, -0.15) is 10.1 Å². The van der Waals surface area contributed by atoms with Crippen LogP contribution in [0.1, 0.15) is 0 Å². The number of nitrogens with zero attached hydrogens (tertiary/aromatic N) is 5. The maximum Gasteiger partial charge on any atom is 0.325 e. The summed E-state index contributed by atoms with van der Waals surface area (Å²) in [5.41, 5.74) is 1.24. The van der Waals surface area contributed by atoms with Crippen molar-refractivity contribution in [1.82, 2.24) is 24.9 Å². The van der Waals surface area contributed by atoms with Gasteiger partial charge in [0.15, 0.2) is 0 Å². The molecule has 0 amide bonds. The summed E-state index contributed by atoms with van der Waals surface area (Å²) in [6.07, 6.45) is 4.45. The van der Waals surface area contributed by atoms with Crippen molar-refractivity contribution in [3.05, 3.63) is 60.6 Å². The van der Waals surface area contributed by atoms with Crippen molar-refractivity contribution in [2.45, 2.75) is 6.54 Å². The Bertz CT molecular complexity index is 1160. The molecule has 0 spiro atoms. The maximum atomic E-state index is 14.0. The van der Waals surface area contributed by atoms with Crippen molar-refractivity contribution in [2.75, 3.05) is 0 Å². The molecule has 3 aromatic heterocycles. The van der Waals surface area contributed by atoms with Gasteiger partial charge in [0.1, 0.15) is 18.2 Å². The first kappa shape index (κ1) is 17.5. The van der Waals surface area contributed by atoms with Crippen LogP contribution in [-0.4, -0.2) is 36.0 Å². The van der Waals surface area contributed by atoms with E-state index < -0.39 is 24.1 Å². The van der Waals surface area contributed by atoms with Crippen LogP contribution in [0.2, 0.25) is 0 Å². The summed E-state index contributed by atoms with van der Waals surface area (Å²) >= 11 is 0. The summed E-state index contributed by atoms with van der Waals surface area (Å²) in [6, 6.07) is 6.25. The van der Waals surface area contributed by atoms with Crippen LogP contribution < -0.4 is 0 Å². The SMILES string of the molecule is O=C(O)Cn1ncc(-c2nc(-c3cc(F)ccc3F)no2)c1-c1ccncc1. The quantitative estimate of drug-likeness (QED) is 0.564. The molecule has 0 atom stereocenters. The molecule has 1 N–H and O–H groups in total. The van der Waals surface area contributed by atoms with E-state index in [1.165, 1.54) is 10.9 Å². The number of carboxylic acid groups (broad SMARTS) is 1. The van der Waals surface area contributed by atoms with Gasteiger partial charge in [0.2, 0.25) is 5.82 Å². The molecule has 0 unspecified atom stereocenters. The van der Waals surface area contributed by atoms with Crippen LogP contribution in [0.15, 0.2) is 53.4 Å². The minimum Gasteiger partial charge on any atom is -0.480 e. The third-order valence-corrected chi connectivity index (χ3v) is 3.90. The first-order chi connectivity index (χ1) is 13.5. The fraction of sp³-hybridized carbons (Fsp3) is 0.0556. The Hall–Kier alpha value is -3.95. The highest BCUT2D eigenvalue weighted by Gasteiger charge is 2.22. The molecular formula is C18H11F2N5O3. The molecule has 4 aromatic rings. The molecule has 0 saturated heterocycles. The summed E-state index contributed by atoms with van der Waals surface area (Å²) in [5, 5.41) is 16.9. The number of aliphatic carboxylic acids is 1. The third-order valence-electron chi connectivity index (χ3n) is 3.90. The van der Waals surface area contributed by atoms with E-state index in [9.17, 15) is 13.6 Å². The fourth-order valence-corrected chi connectivity index (χ4v) is 2.72. The van der Waals surface area contributed by atoms with E-state index in [1.807, 2.05) is 0 Å². The third kappa shape index (κ3) is 3.22. The highest BCUT2D eigenvalue weighted by molar-refractivity contribution is 5.78. The van der Waals surface area contributed by atoms with Crippen molar-refractivity contribution in [3.8, 4) is 34.1 Å². The second-order valence-electron chi connectivity index (χ2n) is 5.74. The molecule has 0 aliphatic rings. The lowest BCUT2D eigenvalue weighted by Crippen LogP contribution is -2.11. The highest BCUT2D eigenvalue weighted by atomic mass is 19.1. The van der Waals surface area contributed by atoms with Gasteiger partial charge in [-0.1, -0.05) is 5.16 Å². The number of carbonyl (C=O) groups is 1. The predicted octanol–water partition coefficient (Wildman–Crippen LogP) is 3.02. The van der Waals surface area contributed by atoms with Gasteiger partial charge < -0.3 is 9.63 Å². The molecule has 4 rings (SSSR count). The van der Waals surface area contributed by atoms with Crippen molar-refractivity contribution >= 4 is 5.97 Å². The van der Waals surface area contributed by atoms with Crippen molar-refractivity contribution in [3.63, 3.8) is 0 Å². The van der Waals surface area contributed by atoms with Crippen LogP contribution in [-0.2, 0) is 11.3 Å². The Kier molecular flexibility index (Phi) is 4.36. The van der Waals surface area contributed by atoms with Gasteiger partial charge in [-0.25, -0.2) is 8.78 Å². The van der Waals surface area contributed by atoms with E-state index in [1.54, 1.807) is 24.5 Å². The average Bonchev–Trinajstić information content (AvgIpc) is 3.31. The summed E-state index contributed by atoms with van der Waals surface area (Å²) in [7, 11) is 0. The first-order valence-corrected chi connectivity index (χ1v) is 8.00.